The van der Waals surface area contributed by atoms with Gasteiger partial charge in [0.1, 0.15) is 11.5 Å². The highest BCUT2D eigenvalue weighted by Gasteiger charge is 2.20. The van der Waals surface area contributed by atoms with Crippen LogP contribution in [0.3, 0.4) is 0 Å². The number of phenols is 2. The molecule has 1 aromatic rings. The molecule has 6 nitrogen and oxygen atoms in total. The lowest BCUT2D eigenvalue weighted by Gasteiger charge is -2.15. The second-order valence-electron chi connectivity index (χ2n) is 3.29. The summed E-state index contributed by atoms with van der Waals surface area (Å²) in [5.41, 5.74) is 0.210. The molecule has 0 spiro atoms. The SMILES string of the molecule is CCC(Nc1cc(O)cc(O)c1)S(=O)(=O)O. The first-order valence-electron chi connectivity index (χ1n) is 4.58. The van der Waals surface area contributed by atoms with Gasteiger partial charge in [-0.1, -0.05) is 6.92 Å². The molecular formula is C9H13NO5S. The number of anilines is 1. The number of rotatable bonds is 4. The van der Waals surface area contributed by atoms with Crippen molar-refractivity contribution in [1.82, 2.24) is 0 Å². The van der Waals surface area contributed by atoms with Gasteiger partial charge in [0.25, 0.3) is 10.1 Å². The molecular weight excluding hydrogens is 234 g/mol. The highest BCUT2D eigenvalue weighted by molar-refractivity contribution is 7.86. The fourth-order valence-corrected chi connectivity index (χ4v) is 1.96. The van der Waals surface area contributed by atoms with Gasteiger partial charge in [0.2, 0.25) is 0 Å². The molecule has 0 bridgehead atoms. The zero-order valence-corrected chi connectivity index (χ0v) is 9.40. The van der Waals surface area contributed by atoms with Crippen molar-refractivity contribution in [3.8, 4) is 11.5 Å². The van der Waals surface area contributed by atoms with Crippen molar-refractivity contribution in [2.45, 2.75) is 18.7 Å². The van der Waals surface area contributed by atoms with Crippen molar-refractivity contribution in [1.29, 1.82) is 0 Å². The van der Waals surface area contributed by atoms with Gasteiger partial charge in [-0.25, -0.2) is 0 Å². The van der Waals surface area contributed by atoms with Crippen molar-refractivity contribution in [3.63, 3.8) is 0 Å². The number of hydrogen-bond acceptors (Lipinski definition) is 5. The Bertz CT molecular complexity index is 451. The first-order valence-corrected chi connectivity index (χ1v) is 6.09. The number of phenolic OH excluding ortho intramolecular Hbond substituents is 2. The smallest absolute Gasteiger partial charge is 0.286 e. The second kappa shape index (κ2) is 4.58. The Kier molecular flexibility index (Phi) is 3.61. The molecule has 1 aromatic carbocycles. The average molecular weight is 247 g/mol. The molecule has 0 fully saturated rings. The van der Waals surface area contributed by atoms with Crippen molar-refractivity contribution in [2.24, 2.45) is 0 Å². The Morgan fingerprint density at radius 2 is 1.75 bits per heavy atom. The third-order valence-corrected chi connectivity index (χ3v) is 3.13. The first kappa shape index (κ1) is 12.6. The largest absolute Gasteiger partial charge is 0.508 e. The van der Waals surface area contributed by atoms with Crippen molar-refractivity contribution in [3.05, 3.63) is 18.2 Å². The van der Waals surface area contributed by atoms with Crippen LogP contribution in [0.15, 0.2) is 18.2 Å². The first-order chi connectivity index (χ1) is 7.32. The van der Waals surface area contributed by atoms with Gasteiger partial charge in [0.15, 0.2) is 5.37 Å². The number of hydrogen-bond donors (Lipinski definition) is 4. The van der Waals surface area contributed by atoms with Crippen LogP contribution in [-0.4, -0.2) is 28.6 Å². The molecule has 1 unspecified atom stereocenters. The maximum atomic E-state index is 10.9. The molecule has 0 heterocycles. The fraction of sp³-hybridized carbons (Fsp3) is 0.333. The lowest BCUT2D eigenvalue weighted by atomic mass is 10.2. The topological polar surface area (TPSA) is 107 Å². The molecule has 0 saturated carbocycles. The maximum absolute atomic E-state index is 10.9. The van der Waals surface area contributed by atoms with Crippen LogP contribution in [0.2, 0.25) is 0 Å². The Hall–Kier alpha value is -1.47. The van der Waals surface area contributed by atoms with E-state index in [1.54, 1.807) is 6.92 Å². The summed E-state index contributed by atoms with van der Waals surface area (Å²) in [4.78, 5) is 0. The van der Waals surface area contributed by atoms with E-state index in [1.165, 1.54) is 12.1 Å². The Labute approximate surface area is 93.3 Å². The zero-order valence-electron chi connectivity index (χ0n) is 8.58. The van der Waals surface area contributed by atoms with E-state index in [9.17, 15) is 18.6 Å². The van der Waals surface area contributed by atoms with E-state index < -0.39 is 15.5 Å². The summed E-state index contributed by atoms with van der Waals surface area (Å²) in [6, 6.07) is 3.60. The van der Waals surface area contributed by atoms with Gasteiger partial charge in [0, 0.05) is 23.9 Å². The van der Waals surface area contributed by atoms with Gasteiger partial charge < -0.3 is 15.5 Å². The van der Waals surface area contributed by atoms with E-state index in [2.05, 4.69) is 5.32 Å². The lowest BCUT2D eigenvalue weighted by molar-refractivity contribution is 0.450. The molecule has 0 radical (unpaired) electrons. The van der Waals surface area contributed by atoms with Gasteiger partial charge in [-0.05, 0) is 6.42 Å². The van der Waals surface area contributed by atoms with Crippen LogP contribution in [0.1, 0.15) is 13.3 Å². The molecule has 0 aliphatic heterocycles. The predicted molar refractivity (Wildman–Crippen MR) is 59.0 cm³/mol. The number of nitrogens with one attached hydrogen (secondary N) is 1. The summed E-state index contributed by atoms with van der Waals surface area (Å²) < 4.78 is 30.7. The predicted octanol–water partition coefficient (Wildman–Crippen LogP) is 1.13. The van der Waals surface area contributed by atoms with Crippen LogP contribution >= 0.6 is 0 Å². The molecule has 0 aliphatic carbocycles. The standard InChI is InChI=1S/C9H13NO5S/c1-2-9(16(13,14)15)10-6-3-7(11)5-8(12)4-6/h3-5,9-12H,2H2,1H3,(H,13,14,15). The van der Waals surface area contributed by atoms with Crippen LogP contribution in [0, 0.1) is 0 Å². The molecule has 0 aliphatic rings. The fourth-order valence-electron chi connectivity index (χ4n) is 1.25. The van der Waals surface area contributed by atoms with Crippen LogP contribution < -0.4 is 5.32 Å². The molecule has 7 heteroatoms. The van der Waals surface area contributed by atoms with E-state index in [1.807, 2.05) is 0 Å². The normalized spacial score (nSPS) is 13.4. The Balaban J connectivity index is 2.95. The minimum absolute atomic E-state index is 0.148. The monoisotopic (exact) mass is 247 g/mol. The van der Waals surface area contributed by atoms with Crippen LogP contribution in [0.5, 0.6) is 11.5 Å². The quantitative estimate of drug-likeness (QED) is 0.594. The summed E-state index contributed by atoms with van der Waals surface area (Å²) in [7, 11) is -4.21. The molecule has 1 rings (SSSR count). The highest BCUT2D eigenvalue weighted by Crippen LogP contribution is 2.25. The molecule has 0 saturated heterocycles. The maximum Gasteiger partial charge on any atom is 0.286 e. The summed E-state index contributed by atoms with van der Waals surface area (Å²) in [6.07, 6.45) is 0.148. The minimum atomic E-state index is -4.21. The zero-order chi connectivity index (χ0) is 12.3. The van der Waals surface area contributed by atoms with E-state index in [0.717, 1.165) is 6.07 Å². The molecule has 0 amide bonds. The third kappa shape index (κ3) is 3.28. The van der Waals surface area contributed by atoms with Gasteiger partial charge in [-0.3, -0.25) is 4.55 Å². The van der Waals surface area contributed by atoms with Crippen molar-refractivity contribution in [2.75, 3.05) is 5.32 Å². The van der Waals surface area contributed by atoms with Crippen LogP contribution in [0.25, 0.3) is 0 Å². The number of benzene rings is 1. The molecule has 16 heavy (non-hydrogen) atoms. The minimum Gasteiger partial charge on any atom is -0.508 e. The molecule has 4 N–H and O–H groups in total. The Morgan fingerprint density at radius 1 is 1.25 bits per heavy atom. The van der Waals surface area contributed by atoms with E-state index in [-0.39, 0.29) is 23.6 Å². The number of aromatic hydroxyl groups is 2. The van der Waals surface area contributed by atoms with E-state index >= 15 is 0 Å². The summed E-state index contributed by atoms with van der Waals surface area (Å²) >= 11 is 0. The van der Waals surface area contributed by atoms with E-state index in [0.29, 0.717) is 0 Å². The van der Waals surface area contributed by atoms with Gasteiger partial charge >= 0.3 is 0 Å². The van der Waals surface area contributed by atoms with Gasteiger partial charge in [-0.2, -0.15) is 8.42 Å². The molecule has 1 atom stereocenters. The highest BCUT2D eigenvalue weighted by atomic mass is 32.2. The van der Waals surface area contributed by atoms with Gasteiger partial charge in [0.05, 0.1) is 0 Å². The summed E-state index contributed by atoms with van der Waals surface area (Å²) in [5.74, 6) is -0.402. The van der Waals surface area contributed by atoms with Gasteiger partial charge in [-0.15, -0.1) is 0 Å². The molecule has 90 valence electrons. The van der Waals surface area contributed by atoms with Crippen molar-refractivity contribution < 1.29 is 23.2 Å². The van der Waals surface area contributed by atoms with Crippen molar-refractivity contribution >= 4 is 15.8 Å². The Morgan fingerprint density at radius 3 is 2.12 bits per heavy atom. The summed E-state index contributed by atoms with van der Waals surface area (Å²) in [5, 5.41) is 19.7. The van der Waals surface area contributed by atoms with E-state index in [4.69, 9.17) is 4.55 Å². The second-order valence-corrected chi connectivity index (χ2v) is 4.89. The average Bonchev–Trinajstić information content (AvgIpc) is 2.10. The lowest BCUT2D eigenvalue weighted by Crippen LogP contribution is -2.28. The summed E-state index contributed by atoms with van der Waals surface area (Å²) in [6.45, 7) is 1.58. The van der Waals surface area contributed by atoms with Crippen LogP contribution in [-0.2, 0) is 10.1 Å². The van der Waals surface area contributed by atoms with Crippen LogP contribution in [0.4, 0.5) is 5.69 Å². The third-order valence-electron chi connectivity index (χ3n) is 1.96. The molecule has 0 aromatic heterocycles.